The van der Waals surface area contributed by atoms with Crippen LogP contribution in [0.4, 0.5) is 5.69 Å². The predicted molar refractivity (Wildman–Crippen MR) is 123 cm³/mol. The van der Waals surface area contributed by atoms with Gasteiger partial charge in [0.2, 0.25) is 0 Å². The number of carbonyl (C=O) groups excluding carboxylic acids is 2. The van der Waals surface area contributed by atoms with Crippen LogP contribution in [0.25, 0.3) is 0 Å². The molecule has 2 aliphatic rings. The predicted octanol–water partition coefficient (Wildman–Crippen LogP) is 5.36. The van der Waals surface area contributed by atoms with Crippen molar-refractivity contribution in [3.8, 4) is 11.5 Å². The van der Waals surface area contributed by atoms with Gasteiger partial charge in [0, 0.05) is 36.7 Å². The molecule has 1 aromatic heterocycles. The molecule has 2 amide bonds. The first-order valence-electron chi connectivity index (χ1n) is 10.8. The van der Waals surface area contributed by atoms with Crippen LogP contribution < -0.4 is 20.1 Å². The number of hydrogen-bond donors (Lipinski definition) is 2. The molecule has 1 saturated carbocycles. The van der Waals surface area contributed by atoms with Crippen LogP contribution in [0.5, 0.6) is 11.5 Å². The number of nitrogens with one attached hydrogen (secondary N) is 2. The molecule has 2 heterocycles. The van der Waals surface area contributed by atoms with E-state index in [-0.39, 0.29) is 11.8 Å². The fourth-order valence-corrected chi connectivity index (χ4v) is 4.76. The molecule has 2 aromatic carbocycles. The fourth-order valence-electron chi connectivity index (χ4n) is 4.12. The second-order valence-corrected chi connectivity index (χ2v) is 9.10. The van der Waals surface area contributed by atoms with Gasteiger partial charge in [-0.2, -0.15) is 0 Å². The smallest absolute Gasteiger partial charge is 0.261 e. The second-order valence-electron chi connectivity index (χ2n) is 8.15. The molecule has 1 aliphatic carbocycles. The Bertz CT molecular complexity index is 1120. The Morgan fingerprint density at radius 3 is 2.44 bits per heavy atom. The van der Waals surface area contributed by atoms with Crippen LogP contribution in [0.2, 0.25) is 0 Å². The van der Waals surface area contributed by atoms with Crippen molar-refractivity contribution in [2.75, 3.05) is 5.32 Å². The summed E-state index contributed by atoms with van der Waals surface area (Å²) < 4.78 is 12.2. The zero-order valence-electron chi connectivity index (χ0n) is 17.6. The van der Waals surface area contributed by atoms with Gasteiger partial charge in [-0.3, -0.25) is 9.59 Å². The van der Waals surface area contributed by atoms with Crippen molar-refractivity contribution < 1.29 is 19.1 Å². The van der Waals surface area contributed by atoms with E-state index in [1.54, 1.807) is 18.2 Å². The Kier molecular flexibility index (Phi) is 5.57. The highest BCUT2D eigenvalue weighted by Gasteiger charge is 2.42. The number of carbonyl (C=O) groups is 2. The van der Waals surface area contributed by atoms with Crippen LogP contribution in [-0.2, 0) is 6.54 Å². The first-order chi connectivity index (χ1) is 15.6. The summed E-state index contributed by atoms with van der Waals surface area (Å²) >= 11 is 1.41. The fraction of sp³-hybridized carbons (Fsp3) is 0.280. The Morgan fingerprint density at radius 2 is 1.69 bits per heavy atom. The molecule has 0 atom stereocenters. The number of amides is 2. The number of thiophene rings is 1. The molecular formula is C25H24N2O4S. The monoisotopic (exact) mass is 448 g/mol. The molecule has 32 heavy (non-hydrogen) atoms. The van der Waals surface area contributed by atoms with Crippen molar-refractivity contribution in [1.29, 1.82) is 0 Å². The van der Waals surface area contributed by atoms with Gasteiger partial charge in [-0.25, -0.2) is 0 Å². The van der Waals surface area contributed by atoms with Gasteiger partial charge < -0.3 is 20.1 Å². The lowest BCUT2D eigenvalue weighted by molar-refractivity contribution is -0.105. The second kappa shape index (κ2) is 8.67. The largest absolute Gasteiger partial charge is 0.448 e. The maximum absolute atomic E-state index is 12.7. The van der Waals surface area contributed by atoms with Crippen molar-refractivity contribution in [2.45, 2.75) is 44.4 Å². The third kappa shape index (κ3) is 4.34. The summed E-state index contributed by atoms with van der Waals surface area (Å²) in [5, 5.41) is 7.68. The first-order valence-corrected chi connectivity index (χ1v) is 11.7. The molecule has 2 N–H and O–H groups in total. The molecular weight excluding hydrogens is 424 g/mol. The lowest BCUT2D eigenvalue weighted by Gasteiger charge is -2.31. The molecule has 0 saturated heterocycles. The minimum atomic E-state index is -0.530. The standard InChI is InChI=1S/C25H24N2O4S/c28-23(18-8-6-17(7-9-18)16-26-24(29)22-5-4-14-32-22)27-19-10-11-20-21(15-19)31-25(30-20)12-2-1-3-13-25/h4-11,14-15H,1-3,12-13,16H2,(H,26,29)(H,27,28). The maximum atomic E-state index is 12.7. The van der Waals surface area contributed by atoms with E-state index in [4.69, 9.17) is 9.47 Å². The van der Waals surface area contributed by atoms with Gasteiger partial charge in [-0.15, -0.1) is 11.3 Å². The number of fused-ring (bicyclic) bond motifs is 1. The van der Waals surface area contributed by atoms with Crippen LogP contribution in [0.3, 0.4) is 0 Å². The normalized spacial score (nSPS) is 16.0. The summed E-state index contributed by atoms with van der Waals surface area (Å²) in [6.45, 7) is 0.405. The van der Waals surface area contributed by atoms with Gasteiger partial charge >= 0.3 is 0 Å². The molecule has 164 valence electrons. The summed E-state index contributed by atoms with van der Waals surface area (Å²) in [7, 11) is 0. The van der Waals surface area contributed by atoms with Crippen molar-refractivity contribution in [2.24, 2.45) is 0 Å². The highest BCUT2D eigenvalue weighted by Crippen LogP contribution is 2.46. The molecule has 5 rings (SSSR count). The lowest BCUT2D eigenvalue weighted by Crippen LogP contribution is -2.40. The average molecular weight is 449 g/mol. The summed E-state index contributed by atoms with van der Waals surface area (Å²) in [4.78, 5) is 25.4. The summed E-state index contributed by atoms with van der Waals surface area (Å²) in [6.07, 6.45) is 5.20. The molecule has 6 nitrogen and oxygen atoms in total. The zero-order valence-corrected chi connectivity index (χ0v) is 18.4. The van der Waals surface area contributed by atoms with Crippen LogP contribution in [0.1, 0.15) is 57.7 Å². The maximum Gasteiger partial charge on any atom is 0.261 e. The van der Waals surface area contributed by atoms with Crippen molar-refractivity contribution in [3.05, 3.63) is 76.0 Å². The Hall–Kier alpha value is -3.32. The van der Waals surface area contributed by atoms with Gasteiger partial charge in [-0.05, 0) is 54.1 Å². The molecule has 0 bridgehead atoms. The zero-order chi connectivity index (χ0) is 22.0. The summed E-state index contributed by atoms with van der Waals surface area (Å²) in [5.74, 6) is 0.586. The third-order valence-electron chi connectivity index (χ3n) is 5.82. The molecule has 1 spiro atoms. The minimum Gasteiger partial charge on any atom is -0.448 e. The summed E-state index contributed by atoms with van der Waals surface area (Å²) in [5.41, 5.74) is 2.13. The molecule has 0 unspecified atom stereocenters. The Morgan fingerprint density at radius 1 is 0.906 bits per heavy atom. The minimum absolute atomic E-state index is 0.0976. The topological polar surface area (TPSA) is 76.7 Å². The first kappa shape index (κ1) is 20.6. The van der Waals surface area contributed by atoms with E-state index in [0.29, 0.717) is 28.4 Å². The van der Waals surface area contributed by atoms with E-state index in [1.165, 1.54) is 17.8 Å². The van der Waals surface area contributed by atoms with Gasteiger partial charge in [0.1, 0.15) is 0 Å². The van der Waals surface area contributed by atoms with E-state index in [2.05, 4.69) is 10.6 Å². The molecule has 3 aromatic rings. The van der Waals surface area contributed by atoms with Crippen molar-refractivity contribution in [1.82, 2.24) is 5.32 Å². The van der Waals surface area contributed by atoms with E-state index < -0.39 is 5.79 Å². The van der Waals surface area contributed by atoms with Crippen molar-refractivity contribution in [3.63, 3.8) is 0 Å². The van der Waals surface area contributed by atoms with Gasteiger partial charge in [0.15, 0.2) is 11.5 Å². The summed E-state index contributed by atoms with van der Waals surface area (Å²) in [6, 6.07) is 16.3. The van der Waals surface area contributed by atoms with Crippen molar-refractivity contribution >= 4 is 28.8 Å². The van der Waals surface area contributed by atoms with Crippen LogP contribution >= 0.6 is 11.3 Å². The Balaban J connectivity index is 1.19. The van der Waals surface area contributed by atoms with Gasteiger partial charge in [0.05, 0.1) is 4.88 Å². The molecule has 1 aliphatic heterocycles. The van der Waals surface area contributed by atoms with E-state index in [0.717, 1.165) is 37.0 Å². The number of ether oxygens (including phenoxy) is 2. The number of benzene rings is 2. The number of anilines is 1. The molecule has 0 radical (unpaired) electrons. The van der Waals surface area contributed by atoms with Gasteiger partial charge in [-0.1, -0.05) is 24.6 Å². The van der Waals surface area contributed by atoms with Crippen LogP contribution in [0.15, 0.2) is 60.0 Å². The highest BCUT2D eigenvalue weighted by atomic mass is 32.1. The third-order valence-corrected chi connectivity index (χ3v) is 6.69. The number of rotatable bonds is 5. The van der Waals surface area contributed by atoms with E-state index in [1.807, 2.05) is 41.8 Å². The molecule has 1 fully saturated rings. The lowest BCUT2D eigenvalue weighted by atomic mass is 9.94. The quantitative estimate of drug-likeness (QED) is 0.551. The SMILES string of the molecule is O=C(Nc1ccc2c(c1)OC1(CCCCC1)O2)c1ccc(CNC(=O)c2cccs2)cc1. The molecule has 7 heteroatoms. The van der Waals surface area contributed by atoms with Gasteiger partial charge in [0.25, 0.3) is 17.6 Å². The Labute approximate surface area is 190 Å². The van der Waals surface area contributed by atoms with Crippen LogP contribution in [0, 0.1) is 0 Å². The average Bonchev–Trinajstić information content (AvgIpc) is 3.46. The van der Waals surface area contributed by atoms with Crippen LogP contribution in [-0.4, -0.2) is 17.6 Å². The van der Waals surface area contributed by atoms with E-state index in [9.17, 15) is 9.59 Å². The highest BCUT2D eigenvalue weighted by molar-refractivity contribution is 7.12. The van der Waals surface area contributed by atoms with E-state index >= 15 is 0 Å². The number of hydrogen-bond acceptors (Lipinski definition) is 5.